The molecule has 0 aliphatic heterocycles. The Labute approximate surface area is 115 Å². The fraction of sp³-hybridized carbons (Fsp3) is 0.571. The quantitative estimate of drug-likeness (QED) is 0.799. The molecule has 1 aromatic rings. The number of benzene rings is 1. The Morgan fingerprint density at radius 3 is 2.32 bits per heavy atom. The molecule has 106 valence electrons. The highest BCUT2D eigenvalue weighted by Crippen LogP contribution is 2.25. The van der Waals surface area contributed by atoms with Gasteiger partial charge in [-0.15, -0.1) is 0 Å². The molecule has 1 fully saturated rings. The average molecular weight is 282 g/mol. The second-order valence-corrected chi connectivity index (χ2v) is 7.06. The molecule has 1 aromatic carbocycles. The smallest absolute Gasteiger partial charge is 0.215 e. The van der Waals surface area contributed by atoms with Crippen molar-refractivity contribution >= 4 is 10.0 Å². The van der Waals surface area contributed by atoms with Crippen LogP contribution in [0.3, 0.4) is 0 Å². The van der Waals surface area contributed by atoms with Crippen molar-refractivity contribution in [2.75, 3.05) is 13.6 Å². The largest absolute Gasteiger partial charge is 0.316 e. The summed E-state index contributed by atoms with van der Waals surface area (Å²) < 4.78 is 26.6. The van der Waals surface area contributed by atoms with Crippen LogP contribution in [0, 0.1) is 5.92 Å². The van der Waals surface area contributed by atoms with Crippen LogP contribution in [0.25, 0.3) is 0 Å². The molecule has 1 aliphatic rings. The molecule has 0 atom stereocenters. The average Bonchev–Trinajstić information content (AvgIpc) is 2.29. The highest BCUT2D eigenvalue weighted by molar-refractivity contribution is 7.88. The van der Waals surface area contributed by atoms with Crippen LogP contribution < -0.4 is 10.0 Å². The summed E-state index contributed by atoms with van der Waals surface area (Å²) in [5, 5.41) is 3.07. The number of rotatable bonds is 7. The Bertz CT molecular complexity index is 493. The van der Waals surface area contributed by atoms with Gasteiger partial charge in [0, 0.05) is 13.1 Å². The predicted octanol–water partition coefficient (Wildman–Crippen LogP) is 1.63. The summed E-state index contributed by atoms with van der Waals surface area (Å²) in [6.45, 7) is 1.40. The van der Waals surface area contributed by atoms with E-state index in [0.29, 0.717) is 12.5 Å². The first-order chi connectivity index (χ1) is 9.09. The number of hydrogen-bond donors (Lipinski definition) is 2. The SMILES string of the molecule is CNCc1ccc(CS(=O)(=O)NCC2CCC2)cc1. The van der Waals surface area contributed by atoms with Crippen LogP contribution in [0.5, 0.6) is 0 Å². The maximum atomic E-state index is 11.9. The van der Waals surface area contributed by atoms with E-state index in [9.17, 15) is 8.42 Å². The first kappa shape index (κ1) is 14.5. The van der Waals surface area contributed by atoms with Crippen molar-refractivity contribution in [1.82, 2.24) is 10.0 Å². The number of sulfonamides is 1. The van der Waals surface area contributed by atoms with Crippen LogP contribution in [-0.4, -0.2) is 22.0 Å². The zero-order valence-electron chi connectivity index (χ0n) is 11.4. The second-order valence-electron chi connectivity index (χ2n) is 5.25. The topological polar surface area (TPSA) is 58.2 Å². The van der Waals surface area contributed by atoms with Gasteiger partial charge >= 0.3 is 0 Å². The molecule has 19 heavy (non-hydrogen) atoms. The number of nitrogens with one attached hydrogen (secondary N) is 2. The number of hydrogen-bond acceptors (Lipinski definition) is 3. The summed E-state index contributed by atoms with van der Waals surface area (Å²) in [5.74, 6) is 0.618. The molecular weight excluding hydrogens is 260 g/mol. The van der Waals surface area contributed by atoms with Gasteiger partial charge in [0.05, 0.1) is 5.75 Å². The summed E-state index contributed by atoms with van der Waals surface area (Å²) >= 11 is 0. The highest BCUT2D eigenvalue weighted by atomic mass is 32.2. The summed E-state index contributed by atoms with van der Waals surface area (Å²) in [4.78, 5) is 0. The van der Waals surface area contributed by atoms with E-state index in [1.165, 1.54) is 6.42 Å². The van der Waals surface area contributed by atoms with Crippen LogP contribution in [0.15, 0.2) is 24.3 Å². The van der Waals surface area contributed by atoms with Crippen LogP contribution in [0.2, 0.25) is 0 Å². The normalized spacial score (nSPS) is 16.3. The molecular formula is C14H22N2O2S. The standard InChI is InChI=1S/C14H22N2O2S/c1-15-9-13-5-7-14(8-6-13)11-19(17,18)16-10-12-3-2-4-12/h5-8,12,15-16H,2-4,9-11H2,1H3. The van der Waals surface area contributed by atoms with E-state index in [1.807, 2.05) is 31.3 Å². The third-order valence-electron chi connectivity index (χ3n) is 3.58. The maximum absolute atomic E-state index is 11.9. The lowest BCUT2D eigenvalue weighted by molar-refractivity contribution is 0.316. The third-order valence-corrected chi connectivity index (χ3v) is 4.90. The van der Waals surface area contributed by atoms with Gasteiger partial charge in [0.25, 0.3) is 0 Å². The third kappa shape index (κ3) is 4.60. The Balaban J connectivity index is 1.87. The van der Waals surface area contributed by atoms with Gasteiger partial charge in [-0.3, -0.25) is 0 Å². The van der Waals surface area contributed by atoms with E-state index in [4.69, 9.17) is 0 Å². The van der Waals surface area contributed by atoms with Gasteiger partial charge in [0.1, 0.15) is 0 Å². The van der Waals surface area contributed by atoms with Crippen molar-refractivity contribution in [1.29, 1.82) is 0 Å². The monoisotopic (exact) mass is 282 g/mol. The highest BCUT2D eigenvalue weighted by Gasteiger charge is 2.20. The molecule has 0 aromatic heterocycles. The fourth-order valence-electron chi connectivity index (χ4n) is 2.17. The molecule has 0 amide bonds. The molecule has 5 heteroatoms. The lowest BCUT2D eigenvalue weighted by Crippen LogP contribution is -2.32. The molecule has 2 rings (SSSR count). The summed E-state index contributed by atoms with van der Waals surface area (Å²) in [5.41, 5.74) is 1.99. The lowest BCUT2D eigenvalue weighted by atomic mass is 9.86. The van der Waals surface area contributed by atoms with Gasteiger partial charge in [-0.25, -0.2) is 13.1 Å². The Hall–Kier alpha value is -0.910. The summed E-state index contributed by atoms with van der Waals surface area (Å²) in [6.07, 6.45) is 3.54. The van der Waals surface area contributed by atoms with Crippen molar-refractivity contribution in [3.05, 3.63) is 35.4 Å². The molecule has 0 unspecified atom stereocenters. The zero-order valence-corrected chi connectivity index (χ0v) is 12.2. The van der Waals surface area contributed by atoms with E-state index in [1.54, 1.807) is 0 Å². The van der Waals surface area contributed by atoms with Crippen LogP contribution in [0.1, 0.15) is 30.4 Å². The Morgan fingerprint density at radius 1 is 1.16 bits per heavy atom. The van der Waals surface area contributed by atoms with Crippen LogP contribution in [0.4, 0.5) is 0 Å². The van der Waals surface area contributed by atoms with Gasteiger partial charge in [0.2, 0.25) is 10.0 Å². The van der Waals surface area contributed by atoms with E-state index in [2.05, 4.69) is 10.0 Å². The second kappa shape index (κ2) is 6.50. The summed E-state index contributed by atoms with van der Waals surface area (Å²) in [6, 6.07) is 7.70. The van der Waals surface area contributed by atoms with Gasteiger partial charge in [-0.2, -0.15) is 0 Å². The van der Waals surface area contributed by atoms with E-state index < -0.39 is 10.0 Å². The first-order valence-electron chi connectivity index (χ1n) is 6.79. The minimum atomic E-state index is -3.20. The van der Waals surface area contributed by atoms with Crippen molar-refractivity contribution in [3.63, 3.8) is 0 Å². The molecule has 0 radical (unpaired) electrons. The van der Waals surface area contributed by atoms with Gasteiger partial charge in [-0.1, -0.05) is 30.7 Å². The predicted molar refractivity (Wildman–Crippen MR) is 77.2 cm³/mol. The van der Waals surface area contributed by atoms with Crippen molar-refractivity contribution in [2.24, 2.45) is 5.92 Å². The Kier molecular flexibility index (Phi) is 4.96. The van der Waals surface area contributed by atoms with Crippen LogP contribution in [-0.2, 0) is 22.3 Å². The van der Waals surface area contributed by atoms with Crippen molar-refractivity contribution in [2.45, 2.75) is 31.6 Å². The van der Waals surface area contributed by atoms with Crippen molar-refractivity contribution in [3.8, 4) is 0 Å². The molecule has 1 saturated carbocycles. The first-order valence-corrected chi connectivity index (χ1v) is 8.44. The molecule has 0 saturated heterocycles. The molecule has 2 N–H and O–H groups in total. The molecule has 1 aliphatic carbocycles. The molecule has 4 nitrogen and oxygen atoms in total. The van der Waals surface area contributed by atoms with Gasteiger partial charge < -0.3 is 5.32 Å². The Morgan fingerprint density at radius 2 is 1.79 bits per heavy atom. The van der Waals surface area contributed by atoms with Crippen molar-refractivity contribution < 1.29 is 8.42 Å². The van der Waals surface area contributed by atoms with Crippen LogP contribution >= 0.6 is 0 Å². The van der Waals surface area contributed by atoms with Gasteiger partial charge in [-0.05, 0) is 36.9 Å². The minimum absolute atomic E-state index is 0.0690. The maximum Gasteiger partial charge on any atom is 0.215 e. The molecule has 0 heterocycles. The van der Waals surface area contributed by atoms with E-state index >= 15 is 0 Å². The minimum Gasteiger partial charge on any atom is -0.316 e. The zero-order chi connectivity index (χ0) is 13.7. The lowest BCUT2D eigenvalue weighted by Gasteiger charge is -2.25. The molecule has 0 bridgehead atoms. The molecule has 0 spiro atoms. The fourth-order valence-corrected chi connectivity index (χ4v) is 3.39. The van der Waals surface area contributed by atoms with Gasteiger partial charge in [0.15, 0.2) is 0 Å². The van der Waals surface area contributed by atoms with E-state index in [-0.39, 0.29) is 5.75 Å². The van der Waals surface area contributed by atoms with E-state index in [0.717, 1.165) is 30.5 Å². The summed E-state index contributed by atoms with van der Waals surface area (Å²) in [7, 11) is -1.31.